The van der Waals surface area contributed by atoms with Gasteiger partial charge in [-0.2, -0.15) is 0 Å². The monoisotopic (exact) mass is 767 g/mol. The number of nitrogens with zero attached hydrogens (tertiary/aromatic N) is 2. The van der Waals surface area contributed by atoms with E-state index < -0.39 is 21.7 Å². The highest BCUT2D eigenvalue weighted by Crippen LogP contribution is 2.40. The van der Waals surface area contributed by atoms with Crippen LogP contribution in [-0.4, -0.2) is 99.9 Å². The summed E-state index contributed by atoms with van der Waals surface area (Å²) in [6.07, 6.45) is 1.84. The largest absolute Gasteiger partial charge is 0.356 e. The van der Waals surface area contributed by atoms with Crippen LogP contribution in [0.1, 0.15) is 151 Å². The Hall–Kier alpha value is -2.20. The van der Waals surface area contributed by atoms with E-state index in [0.29, 0.717) is 26.2 Å². The SMILES string of the molecule is CN(CCCNC(=O)C(C)(C)C(C)(C)C)CCCNC(=O)C(C)(C)C(C)(C)C.CN(CCNC(=O)C(C)(C)C(C)(C)C)CCNC(=O)C(C)(C)C(C)(C)C. The minimum Gasteiger partial charge on any atom is -0.356 e. The third kappa shape index (κ3) is 16.9. The van der Waals surface area contributed by atoms with Crippen LogP contribution < -0.4 is 21.3 Å². The highest BCUT2D eigenvalue weighted by Gasteiger charge is 2.42. The predicted octanol–water partition coefficient (Wildman–Crippen LogP) is 7.37. The van der Waals surface area contributed by atoms with E-state index in [4.69, 9.17) is 0 Å². The summed E-state index contributed by atoms with van der Waals surface area (Å²) in [5.74, 6) is 0.399. The molecule has 0 aromatic rings. The molecule has 0 aromatic carbocycles. The molecule has 0 spiro atoms. The number of nitrogens with one attached hydrogen (secondary N) is 4. The normalized spacial score (nSPS) is 13.6. The van der Waals surface area contributed by atoms with Gasteiger partial charge in [0.2, 0.25) is 23.6 Å². The van der Waals surface area contributed by atoms with E-state index in [-0.39, 0.29) is 45.3 Å². The second kappa shape index (κ2) is 20.8. The lowest BCUT2D eigenvalue weighted by atomic mass is 9.69. The van der Waals surface area contributed by atoms with Crippen molar-refractivity contribution < 1.29 is 19.2 Å². The maximum absolute atomic E-state index is 12.4. The topological polar surface area (TPSA) is 123 Å². The number of hydrogen-bond donors (Lipinski definition) is 4. The van der Waals surface area contributed by atoms with Crippen LogP contribution in [0.15, 0.2) is 0 Å². The van der Waals surface area contributed by atoms with E-state index in [1.165, 1.54) is 0 Å². The Morgan fingerprint density at radius 1 is 0.333 bits per heavy atom. The standard InChI is InChI=1S/C23H47N3O2.C21H43N3O2/c1-20(2,3)22(7,8)18(27)24-14-12-16-26(11)17-13-15-25-19(28)23(9,10)21(4,5)6;1-18(2,3)20(7,8)16(25)22-12-14-24(11)15-13-23-17(26)21(9,10)19(4,5)6/h12-17H2,1-11H3,(H,24,27)(H,25,28);12-15H2,1-11H3,(H,22,25)(H,23,26). The second-order valence-electron chi connectivity index (χ2n) is 21.8. The molecule has 0 aliphatic rings. The lowest BCUT2D eigenvalue weighted by Crippen LogP contribution is -2.48. The van der Waals surface area contributed by atoms with Crippen molar-refractivity contribution in [1.29, 1.82) is 0 Å². The van der Waals surface area contributed by atoms with E-state index >= 15 is 0 Å². The van der Waals surface area contributed by atoms with Crippen LogP contribution in [0.2, 0.25) is 0 Å². The molecule has 10 nitrogen and oxygen atoms in total. The maximum Gasteiger partial charge on any atom is 0.226 e. The Bertz CT molecular complexity index is 1090. The van der Waals surface area contributed by atoms with Gasteiger partial charge in [0.25, 0.3) is 0 Å². The highest BCUT2D eigenvalue weighted by molar-refractivity contribution is 5.84. The molecule has 0 aliphatic heterocycles. The molecule has 0 unspecified atom stereocenters. The Morgan fingerprint density at radius 3 is 0.722 bits per heavy atom. The van der Waals surface area contributed by atoms with Crippen LogP contribution in [0.3, 0.4) is 0 Å². The summed E-state index contributed by atoms with van der Waals surface area (Å²) in [4.78, 5) is 54.0. The third-order valence-electron chi connectivity index (χ3n) is 13.3. The van der Waals surface area contributed by atoms with Crippen molar-refractivity contribution in [2.24, 2.45) is 43.3 Å². The molecule has 0 rings (SSSR count). The molecule has 4 amide bonds. The number of likely N-dealkylation sites (N-methyl/N-ethyl adjacent to an activating group) is 1. The number of hydrogen-bond acceptors (Lipinski definition) is 6. The molecule has 0 heterocycles. The molecule has 320 valence electrons. The van der Waals surface area contributed by atoms with Crippen LogP contribution in [0, 0.1) is 43.3 Å². The zero-order chi connectivity index (χ0) is 43.4. The Balaban J connectivity index is 0. The molecular formula is C44H90N6O4. The first-order valence-electron chi connectivity index (χ1n) is 20.4. The summed E-state index contributed by atoms with van der Waals surface area (Å²) < 4.78 is 0. The molecular weight excluding hydrogens is 677 g/mol. The number of carbonyl (C=O) groups is 4. The lowest BCUT2D eigenvalue weighted by molar-refractivity contribution is -0.135. The quantitative estimate of drug-likeness (QED) is 0.108. The van der Waals surface area contributed by atoms with Gasteiger partial charge in [0.05, 0.1) is 0 Å². The molecule has 0 aliphatic carbocycles. The molecule has 0 saturated heterocycles. The summed E-state index contributed by atoms with van der Waals surface area (Å²) >= 11 is 0. The smallest absolute Gasteiger partial charge is 0.226 e. The van der Waals surface area contributed by atoms with Crippen molar-refractivity contribution in [3.63, 3.8) is 0 Å². The van der Waals surface area contributed by atoms with Gasteiger partial charge in [0.1, 0.15) is 0 Å². The van der Waals surface area contributed by atoms with Crippen LogP contribution in [0.5, 0.6) is 0 Å². The van der Waals surface area contributed by atoms with Crippen molar-refractivity contribution in [2.45, 2.75) is 151 Å². The maximum atomic E-state index is 12.4. The van der Waals surface area contributed by atoms with Gasteiger partial charge >= 0.3 is 0 Å². The first kappa shape index (κ1) is 53.9. The predicted molar refractivity (Wildman–Crippen MR) is 229 cm³/mol. The number of amides is 4. The van der Waals surface area contributed by atoms with Gasteiger partial charge in [-0.3, -0.25) is 19.2 Å². The lowest BCUT2D eigenvalue weighted by Gasteiger charge is -2.37. The zero-order valence-electron chi connectivity index (χ0n) is 39.6. The molecule has 54 heavy (non-hydrogen) atoms. The molecule has 0 bridgehead atoms. The van der Waals surface area contributed by atoms with Crippen LogP contribution in [-0.2, 0) is 19.2 Å². The molecule has 0 saturated carbocycles. The minimum absolute atomic E-state index is 0.0696. The highest BCUT2D eigenvalue weighted by atomic mass is 16.2. The number of carbonyl (C=O) groups excluding carboxylic acids is 4. The Labute approximate surface area is 334 Å². The van der Waals surface area contributed by atoms with E-state index in [1.807, 2.05) is 62.4 Å². The van der Waals surface area contributed by atoms with Crippen LogP contribution in [0.4, 0.5) is 0 Å². The van der Waals surface area contributed by atoms with Crippen molar-refractivity contribution in [2.75, 3.05) is 66.5 Å². The summed E-state index contributed by atoms with van der Waals surface area (Å²) in [6, 6.07) is 0. The molecule has 4 N–H and O–H groups in total. The first-order valence-corrected chi connectivity index (χ1v) is 20.4. The van der Waals surface area contributed by atoms with Crippen LogP contribution >= 0.6 is 0 Å². The third-order valence-corrected chi connectivity index (χ3v) is 13.3. The number of rotatable bonds is 18. The zero-order valence-corrected chi connectivity index (χ0v) is 39.6. The fraction of sp³-hybridized carbons (Fsp3) is 0.909. The van der Waals surface area contributed by atoms with Crippen molar-refractivity contribution in [3.8, 4) is 0 Å². The van der Waals surface area contributed by atoms with E-state index in [2.05, 4.69) is 121 Å². The van der Waals surface area contributed by atoms with Gasteiger partial charge in [-0.1, -0.05) is 138 Å². The first-order chi connectivity index (χ1) is 23.9. The summed E-state index contributed by atoms with van der Waals surface area (Å²) in [5, 5.41) is 12.2. The van der Waals surface area contributed by atoms with Crippen molar-refractivity contribution in [1.82, 2.24) is 31.1 Å². The summed E-state index contributed by atoms with van der Waals surface area (Å²) in [5.41, 5.74) is -1.94. The average Bonchev–Trinajstić information content (AvgIpc) is 2.98. The van der Waals surface area contributed by atoms with Crippen molar-refractivity contribution in [3.05, 3.63) is 0 Å². The van der Waals surface area contributed by atoms with Gasteiger partial charge in [-0.25, -0.2) is 0 Å². The fourth-order valence-corrected chi connectivity index (χ4v) is 4.29. The van der Waals surface area contributed by atoms with Crippen LogP contribution in [0.25, 0.3) is 0 Å². The molecule has 10 heteroatoms. The summed E-state index contributed by atoms with van der Waals surface area (Å²) in [6.45, 7) is 47.0. The molecule has 0 atom stereocenters. The minimum atomic E-state index is -0.419. The Kier molecular flexibility index (Phi) is 20.8. The Morgan fingerprint density at radius 2 is 0.519 bits per heavy atom. The molecule has 0 radical (unpaired) electrons. The summed E-state index contributed by atoms with van der Waals surface area (Å²) in [7, 11) is 4.09. The van der Waals surface area contributed by atoms with E-state index in [0.717, 1.165) is 39.0 Å². The van der Waals surface area contributed by atoms with Gasteiger partial charge < -0.3 is 31.1 Å². The fourth-order valence-electron chi connectivity index (χ4n) is 4.29. The average molecular weight is 767 g/mol. The molecule has 0 fully saturated rings. The second-order valence-corrected chi connectivity index (χ2v) is 21.8. The van der Waals surface area contributed by atoms with Crippen molar-refractivity contribution >= 4 is 23.6 Å². The van der Waals surface area contributed by atoms with Gasteiger partial charge in [0, 0.05) is 60.9 Å². The van der Waals surface area contributed by atoms with Gasteiger partial charge in [-0.05, 0) is 61.7 Å². The van der Waals surface area contributed by atoms with E-state index in [1.54, 1.807) is 0 Å². The van der Waals surface area contributed by atoms with E-state index in [9.17, 15) is 19.2 Å². The van der Waals surface area contributed by atoms with Gasteiger partial charge in [-0.15, -0.1) is 0 Å². The van der Waals surface area contributed by atoms with Gasteiger partial charge in [0.15, 0.2) is 0 Å². The molecule has 0 aromatic heterocycles.